The maximum atomic E-state index is 12.3. The predicted octanol–water partition coefficient (Wildman–Crippen LogP) is 2.14. The average Bonchev–Trinajstić information content (AvgIpc) is 2.70. The van der Waals surface area contributed by atoms with Gasteiger partial charge >= 0.3 is 0 Å². The van der Waals surface area contributed by atoms with Crippen LogP contribution in [0.4, 0.5) is 11.4 Å². The molecule has 2 N–H and O–H groups in total. The predicted molar refractivity (Wildman–Crippen MR) is 108 cm³/mol. The lowest BCUT2D eigenvalue weighted by Gasteiger charge is -2.19. The molecule has 2 aromatic rings. The van der Waals surface area contributed by atoms with E-state index in [9.17, 15) is 24.5 Å². The summed E-state index contributed by atoms with van der Waals surface area (Å²) in [4.78, 5) is 50.5. The SMILES string of the molecule is O=C(CSC1=NC(=O)C(Cc2ccccc2)C(=O)N1)Nc1ccc([N+](=O)[O-])cc1. The number of hydrogen-bond acceptors (Lipinski definition) is 6. The molecule has 2 aromatic carbocycles. The highest BCUT2D eigenvalue weighted by atomic mass is 32.2. The Hall–Kier alpha value is -3.53. The number of benzene rings is 2. The van der Waals surface area contributed by atoms with Gasteiger partial charge in [-0.25, -0.2) is 0 Å². The number of amides is 3. The van der Waals surface area contributed by atoms with Crippen LogP contribution in [-0.4, -0.2) is 33.6 Å². The Morgan fingerprint density at radius 2 is 1.83 bits per heavy atom. The molecule has 0 fully saturated rings. The van der Waals surface area contributed by atoms with E-state index < -0.39 is 28.6 Å². The minimum absolute atomic E-state index is 0.0724. The number of nitro benzene ring substituents is 1. The molecule has 0 saturated heterocycles. The van der Waals surface area contributed by atoms with E-state index in [2.05, 4.69) is 15.6 Å². The lowest BCUT2D eigenvalue weighted by molar-refractivity contribution is -0.384. The summed E-state index contributed by atoms with van der Waals surface area (Å²) in [6, 6.07) is 14.6. The molecule has 0 aliphatic carbocycles. The Bertz CT molecular complexity index is 976. The molecule has 1 unspecified atom stereocenters. The molecule has 148 valence electrons. The van der Waals surface area contributed by atoms with Crippen LogP contribution in [-0.2, 0) is 20.8 Å². The first kappa shape index (κ1) is 20.2. The van der Waals surface area contributed by atoms with Gasteiger partial charge in [0.25, 0.3) is 11.6 Å². The minimum atomic E-state index is -0.893. The summed E-state index contributed by atoms with van der Waals surface area (Å²) in [5.74, 6) is -2.38. The molecule has 10 heteroatoms. The van der Waals surface area contributed by atoms with Gasteiger partial charge in [-0.3, -0.25) is 24.5 Å². The van der Waals surface area contributed by atoms with E-state index in [4.69, 9.17) is 0 Å². The summed E-state index contributed by atoms with van der Waals surface area (Å²) >= 11 is 0.926. The number of nitrogens with one attached hydrogen (secondary N) is 2. The smallest absolute Gasteiger partial charge is 0.269 e. The van der Waals surface area contributed by atoms with Crippen LogP contribution in [0.2, 0.25) is 0 Å². The van der Waals surface area contributed by atoms with E-state index in [0.29, 0.717) is 5.69 Å². The van der Waals surface area contributed by atoms with Crippen molar-refractivity contribution in [3.8, 4) is 0 Å². The number of rotatable bonds is 6. The van der Waals surface area contributed by atoms with Crippen molar-refractivity contribution >= 4 is 46.0 Å². The van der Waals surface area contributed by atoms with Gasteiger partial charge in [-0.1, -0.05) is 42.1 Å². The van der Waals surface area contributed by atoms with Crippen LogP contribution >= 0.6 is 11.8 Å². The number of hydrogen-bond donors (Lipinski definition) is 2. The molecule has 0 aromatic heterocycles. The van der Waals surface area contributed by atoms with E-state index in [0.717, 1.165) is 17.3 Å². The maximum Gasteiger partial charge on any atom is 0.269 e. The van der Waals surface area contributed by atoms with Crippen molar-refractivity contribution in [1.82, 2.24) is 5.32 Å². The second kappa shape index (κ2) is 9.11. The molecule has 1 atom stereocenters. The topological polar surface area (TPSA) is 131 Å². The fourth-order valence-corrected chi connectivity index (χ4v) is 3.27. The molecular formula is C19H16N4O5S. The zero-order valence-electron chi connectivity index (χ0n) is 15.0. The lowest BCUT2D eigenvalue weighted by atomic mass is 9.97. The first-order valence-corrected chi connectivity index (χ1v) is 9.55. The van der Waals surface area contributed by atoms with Gasteiger partial charge in [-0.05, 0) is 24.1 Å². The summed E-state index contributed by atoms with van der Waals surface area (Å²) in [5.41, 5.74) is 1.17. The number of non-ortho nitro benzene ring substituents is 1. The highest BCUT2D eigenvalue weighted by Crippen LogP contribution is 2.18. The zero-order chi connectivity index (χ0) is 20.8. The summed E-state index contributed by atoms with van der Waals surface area (Å²) in [5, 5.41) is 15.8. The normalized spacial score (nSPS) is 16.0. The van der Waals surface area contributed by atoms with Crippen molar-refractivity contribution in [3.63, 3.8) is 0 Å². The van der Waals surface area contributed by atoms with Crippen LogP contribution in [0, 0.1) is 16.0 Å². The van der Waals surface area contributed by atoms with Gasteiger partial charge in [0.2, 0.25) is 11.8 Å². The molecule has 0 saturated carbocycles. The number of nitro groups is 1. The van der Waals surface area contributed by atoms with Gasteiger partial charge in [0.1, 0.15) is 5.92 Å². The van der Waals surface area contributed by atoms with Crippen molar-refractivity contribution < 1.29 is 19.3 Å². The largest absolute Gasteiger partial charge is 0.325 e. The van der Waals surface area contributed by atoms with E-state index in [1.807, 2.05) is 30.3 Å². The first-order chi connectivity index (χ1) is 13.9. The number of thioether (sulfide) groups is 1. The number of aliphatic imine (C=N–C) groups is 1. The van der Waals surface area contributed by atoms with Crippen LogP contribution in [0.25, 0.3) is 0 Å². The van der Waals surface area contributed by atoms with Gasteiger partial charge in [0, 0.05) is 17.8 Å². The highest BCUT2D eigenvalue weighted by Gasteiger charge is 2.32. The number of carbonyl (C=O) groups is 3. The van der Waals surface area contributed by atoms with Crippen molar-refractivity contribution in [2.45, 2.75) is 6.42 Å². The molecule has 1 aliphatic rings. The van der Waals surface area contributed by atoms with Crippen molar-refractivity contribution in [1.29, 1.82) is 0 Å². The van der Waals surface area contributed by atoms with Gasteiger partial charge in [-0.2, -0.15) is 4.99 Å². The molecule has 3 rings (SSSR count). The lowest BCUT2D eigenvalue weighted by Crippen LogP contribution is -2.44. The van der Waals surface area contributed by atoms with E-state index in [1.165, 1.54) is 24.3 Å². The van der Waals surface area contributed by atoms with Crippen LogP contribution in [0.5, 0.6) is 0 Å². The molecular weight excluding hydrogens is 396 g/mol. The second-order valence-corrected chi connectivity index (χ2v) is 7.09. The molecule has 0 radical (unpaired) electrons. The number of nitrogens with zero attached hydrogens (tertiary/aromatic N) is 2. The standard InChI is InChI=1S/C19H16N4O5S/c24-16(20-13-6-8-14(9-7-13)23(27)28)11-29-19-21-17(25)15(18(26)22-19)10-12-4-2-1-3-5-12/h1-9,15H,10-11H2,(H,20,24)(H,21,22,25,26). The third kappa shape index (κ3) is 5.48. The quantitative estimate of drug-likeness (QED) is 0.425. The Balaban J connectivity index is 1.53. The van der Waals surface area contributed by atoms with E-state index >= 15 is 0 Å². The van der Waals surface area contributed by atoms with Crippen LogP contribution < -0.4 is 10.6 Å². The first-order valence-electron chi connectivity index (χ1n) is 8.57. The Kier molecular flexibility index (Phi) is 6.35. The molecule has 29 heavy (non-hydrogen) atoms. The highest BCUT2D eigenvalue weighted by molar-refractivity contribution is 8.14. The molecule has 1 aliphatic heterocycles. The Labute approximate surface area is 169 Å². The molecule has 9 nitrogen and oxygen atoms in total. The van der Waals surface area contributed by atoms with E-state index in [-0.39, 0.29) is 23.0 Å². The Morgan fingerprint density at radius 3 is 2.45 bits per heavy atom. The van der Waals surface area contributed by atoms with Crippen LogP contribution in [0.1, 0.15) is 5.56 Å². The van der Waals surface area contributed by atoms with Gasteiger partial charge in [0.15, 0.2) is 5.17 Å². The number of amidine groups is 1. The van der Waals surface area contributed by atoms with Crippen LogP contribution in [0.15, 0.2) is 59.6 Å². The second-order valence-electron chi connectivity index (χ2n) is 6.13. The van der Waals surface area contributed by atoms with Crippen molar-refractivity contribution in [2.75, 3.05) is 11.1 Å². The van der Waals surface area contributed by atoms with Crippen molar-refractivity contribution in [3.05, 3.63) is 70.3 Å². The zero-order valence-corrected chi connectivity index (χ0v) is 15.8. The maximum absolute atomic E-state index is 12.3. The number of carbonyl (C=O) groups excluding carboxylic acids is 3. The average molecular weight is 412 g/mol. The third-order valence-electron chi connectivity index (χ3n) is 4.04. The molecule has 1 heterocycles. The monoisotopic (exact) mass is 412 g/mol. The van der Waals surface area contributed by atoms with E-state index in [1.54, 1.807) is 0 Å². The summed E-state index contributed by atoms with van der Waals surface area (Å²) in [6.07, 6.45) is 0.258. The fraction of sp³-hybridized carbons (Fsp3) is 0.158. The molecule has 0 spiro atoms. The number of anilines is 1. The Morgan fingerprint density at radius 1 is 1.14 bits per heavy atom. The summed E-state index contributed by atoms with van der Waals surface area (Å²) < 4.78 is 0. The van der Waals surface area contributed by atoms with Gasteiger partial charge in [0.05, 0.1) is 10.7 Å². The summed E-state index contributed by atoms with van der Waals surface area (Å²) in [6.45, 7) is 0. The van der Waals surface area contributed by atoms with Crippen molar-refractivity contribution in [2.24, 2.45) is 10.9 Å². The minimum Gasteiger partial charge on any atom is -0.325 e. The third-order valence-corrected chi connectivity index (χ3v) is 4.91. The van der Waals surface area contributed by atoms with Crippen LogP contribution in [0.3, 0.4) is 0 Å². The van der Waals surface area contributed by atoms with Gasteiger partial charge < -0.3 is 10.6 Å². The molecule has 0 bridgehead atoms. The fourth-order valence-electron chi connectivity index (χ4n) is 2.61. The van der Waals surface area contributed by atoms with Gasteiger partial charge in [-0.15, -0.1) is 0 Å². The summed E-state index contributed by atoms with van der Waals surface area (Å²) in [7, 11) is 0. The molecule has 3 amide bonds.